The third kappa shape index (κ3) is 23.6. The van der Waals surface area contributed by atoms with Crippen LogP contribution < -0.4 is 82.7 Å². The Morgan fingerprint density at radius 1 is 0.305 bits per heavy atom. The Morgan fingerprint density at radius 2 is 0.581 bits per heavy atom. The van der Waals surface area contributed by atoms with Gasteiger partial charge in [-0.3, -0.25) is 43.2 Å². The molecule has 0 spiro atoms. The summed E-state index contributed by atoms with van der Waals surface area (Å²) in [7, 11) is 0. The molecule has 5 aromatic carbocycles. The van der Waals surface area contributed by atoms with Gasteiger partial charge < -0.3 is 97.6 Å². The summed E-state index contributed by atoms with van der Waals surface area (Å²) in [5, 5.41) is 25.7. The van der Waals surface area contributed by atoms with Crippen molar-refractivity contribution in [1.82, 2.24) is 57.5 Å². The molecular formula is C78H106N18O9. The second-order valence-electron chi connectivity index (χ2n) is 26.8. The Labute approximate surface area is 612 Å². The van der Waals surface area contributed by atoms with Gasteiger partial charge in [0, 0.05) is 76.5 Å². The molecular weight excluding hydrogens is 1330 g/mol. The zero-order chi connectivity index (χ0) is 75.0. The number of hydrogen-bond donors (Lipinski definition) is 18. The van der Waals surface area contributed by atoms with Gasteiger partial charge in [0.25, 0.3) is 0 Å². The van der Waals surface area contributed by atoms with E-state index < -0.39 is 113 Å². The van der Waals surface area contributed by atoms with E-state index in [1.54, 1.807) is 42.9 Å². The minimum Gasteiger partial charge on any atom is -0.368 e. The van der Waals surface area contributed by atoms with Crippen LogP contribution in [0.1, 0.15) is 130 Å². The molecule has 0 aliphatic rings. The first-order valence-electron chi connectivity index (χ1n) is 36.7. The average molecular weight is 1440 g/mol. The molecule has 8 aromatic rings. The molecule has 8 rings (SSSR count). The number of primary amides is 1. The number of unbranched alkanes of at least 4 members (excludes halogenated alkanes) is 5. The molecule has 9 atom stereocenters. The number of carbonyl (C=O) groups excluding carboxylic acids is 9. The highest BCUT2D eigenvalue weighted by molar-refractivity contribution is 6.00. The lowest BCUT2D eigenvalue weighted by molar-refractivity contribution is -0.136. The van der Waals surface area contributed by atoms with Crippen molar-refractivity contribution in [2.45, 2.75) is 176 Å². The Morgan fingerprint density at radius 3 is 0.933 bits per heavy atom. The van der Waals surface area contributed by atoms with Gasteiger partial charge in [-0.2, -0.15) is 0 Å². The maximum atomic E-state index is 15.8. The van der Waals surface area contributed by atoms with Crippen LogP contribution >= 0.6 is 0 Å². The number of benzene rings is 5. The Hall–Kier alpha value is -10.3. The number of aromatic amines is 3. The van der Waals surface area contributed by atoms with Gasteiger partial charge in [0.1, 0.15) is 48.3 Å². The lowest BCUT2D eigenvalue weighted by Gasteiger charge is -2.32. The molecule has 562 valence electrons. The van der Waals surface area contributed by atoms with Crippen molar-refractivity contribution in [3.63, 3.8) is 0 Å². The number of fused-ring (bicyclic) bond motifs is 3. The van der Waals surface area contributed by atoms with E-state index >= 15 is 24.0 Å². The second-order valence-corrected chi connectivity index (χ2v) is 26.8. The smallest absolute Gasteiger partial charge is 0.244 e. The molecule has 0 radical (unpaired) electrons. The van der Waals surface area contributed by atoms with Crippen molar-refractivity contribution in [3.05, 3.63) is 180 Å². The molecule has 1 unspecified atom stereocenters. The van der Waals surface area contributed by atoms with Gasteiger partial charge in [-0.25, -0.2) is 0 Å². The van der Waals surface area contributed by atoms with Crippen LogP contribution in [-0.2, 0) is 62.4 Å². The minimum absolute atomic E-state index is 0.0140. The van der Waals surface area contributed by atoms with E-state index in [1.165, 1.54) is 0 Å². The third-order valence-electron chi connectivity index (χ3n) is 19.1. The highest BCUT2D eigenvalue weighted by Crippen LogP contribution is 2.30. The molecule has 0 aliphatic carbocycles. The summed E-state index contributed by atoms with van der Waals surface area (Å²) in [5.74, 6) is -7.52. The Kier molecular flexibility index (Phi) is 32.1. The summed E-state index contributed by atoms with van der Waals surface area (Å²) >= 11 is 0. The standard InChI is InChI=1S/C78H106N18O9/c79-38-18-13-30-57(84)71(98)90-62(35-15-20-40-81)73(100)93-66(44-52-47-87-59-32-11-8-28-55(52)59)77(104)94-65(43-51-46-86-58-31-10-7-27-54(51)58)76(103)92-63(36-16-21-41-82)72(99)91-64(37-17-22-42-83)74(101)96-69(68(49-23-3-1-4-24-49)50-25-5-2-6-26-50)78(105)95-67(45-53-48-88-60-33-12-9-29-56(53)60)75(102)89-61(70(85)97)34-14-19-39-80/h1-12,23-29,31-33,46-48,57,61-69,86-88H,13-22,30,34-45,79-84H2,(H2,85,97)(H,89,102)(H,90,98)(H,91,99)(H,92,103)(H,93,100)(H,94,104)(H,95,105)(H,96,101)/t57-,61-,62-,63-,64-,65-,66-,67-,69?/m0/s1. The lowest BCUT2D eigenvalue weighted by atomic mass is 9.84. The van der Waals surface area contributed by atoms with Gasteiger partial charge in [0.05, 0.1) is 6.04 Å². The van der Waals surface area contributed by atoms with Crippen molar-refractivity contribution in [2.75, 3.05) is 32.7 Å². The largest absolute Gasteiger partial charge is 0.368 e. The van der Waals surface area contributed by atoms with E-state index in [0.29, 0.717) is 118 Å². The molecule has 27 heteroatoms. The maximum Gasteiger partial charge on any atom is 0.244 e. The van der Waals surface area contributed by atoms with Gasteiger partial charge in [-0.1, -0.05) is 122 Å². The third-order valence-corrected chi connectivity index (χ3v) is 19.1. The van der Waals surface area contributed by atoms with Crippen LogP contribution in [0.15, 0.2) is 152 Å². The monoisotopic (exact) mass is 1440 g/mol. The number of nitrogens with two attached hydrogens (primary N) is 7. The highest BCUT2D eigenvalue weighted by Gasteiger charge is 2.39. The van der Waals surface area contributed by atoms with E-state index in [-0.39, 0.29) is 58.0 Å². The molecule has 0 aliphatic heterocycles. The zero-order valence-electron chi connectivity index (χ0n) is 59.7. The number of aromatic nitrogens is 3. The number of H-pyrrole nitrogens is 3. The molecule has 3 aromatic heterocycles. The highest BCUT2D eigenvalue weighted by atomic mass is 16.2. The zero-order valence-corrected chi connectivity index (χ0v) is 59.7. The van der Waals surface area contributed by atoms with Gasteiger partial charge in [-0.05, 0) is 169 Å². The van der Waals surface area contributed by atoms with E-state index in [4.69, 9.17) is 40.1 Å². The number of nitrogens with one attached hydrogen (secondary N) is 11. The van der Waals surface area contributed by atoms with Crippen molar-refractivity contribution in [3.8, 4) is 0 Å². The van der Waals surface area contributed by atoms with Gasteiger partial charge in [0.15, 0.2) is 0 Å². The molecule has 25 N–H and O–H groups in total. The maximum absolute atomic E-state index is 15.8. The van der Waals surface area contributed by atoms with E-state index in [2.05, 4.69) is 57.5 Å². The number of carbonyl (C=O) groups is 9. The van der Waals surface area contributed by atoms with Crippen LogP contribution in [0.3, 0.4) is 0 Å². The van der Waals surface area contributed by atoms with Gasteiger partial charge in [-0.15, -0.1) is 0 Å². The number of rotatable bonds is 46. The van der Waals surface area contributed by atoms with Crippen molar-refractivity contribution >= 4 is 85.9 Å². The molecule has 0 saturated heterocycles. The van der Waals surface area contributed by atoms with E-state index in [9.17, 15) is 19.2 Å². The summed E-state index contributed by atoms with van der Waals surface area (Å²) in [6, 6.07) is 28.9. The quantitative estimate of drug-likeness (QED) is 0.0243. The molecule has 0 bridgehead atoms. The second kappa shape index (κ2) is 41.9. The van der Waals surface area contributed by atoms with Gasteiger partial charge >= 0.3 is 0 Å². The Balaban J connectivity index is 1.13. The fourth-order valence-electron chi connectivity index (χ4n) is 13.2. The molecule has 0 fully saturated rings. The molecule has 3 heterocycles. The number of hydrogen-bond acceptors (Lipinski definition) is 15. The van der Waals surface area contributed by atoms with Crippen molar-refractivity contribution < 1.29 is 43.2 Å². The summed E-state index contributed by atoms with van der Waals surface area (Å²) in [6.07, 6.45) is 10.5. The predicted octanol–water partition coefficient (Wildman–Crippen LogP) is 3.33. The topological polar surface area (TPSA) is 479 Å². The van der Waals surface area contributed by atoms with Crippen LogP contribution in [0, 0.1) is 0 Å². The molecule has 105 heavy (non-hydrogen) atoms. The van der Waals surface area contributed by atoms with E-state index in [0.717, 1.165) is 32.7 Å². The van der Waals surface area contributed by atoms with Crippen LogP contribution in [0.4, 0.5) is 0 Å². The van der Waals surface area contributed by atoms with E-state index in [1.807, 2.05) is 109 Å². The molecule has 27 nitrogen and oxygen atoms in total. The normalized spacial score (nSPS) is 14.0. The fraction of sp³-hybridized carbons (Fsp3) is 0.423. The van der Waals surface area contributed by atoms with Crippen LogP contribution in [0.25, 0.3) is 32.7 Å². The number of para-hydroxylation sites is 3. The van der Waals surface area contributed by atoms with Crippen LogP contribution in [-0.4, -0.2) is 155 Å². The van der Waals surface area contributed by atoms with Crippen molar-refractivity contribution in [1.29, 1.82) is 0 Å². The first-order valence-corrected chi connectivity index (χ1v) is 36.7. The summed E-state index contributed by atoms with van der Waals surface area (Å²) in [4.78, 5) is 143. The fourth-order valence-corrected chi connectivity index (χ4v) is 13.2. The minimum atomic E-state index is -1.50. The molecule has 9 amide bonds. The van der Waals surface area contributed by atoms with Crippen LogP contribution in [0.5, 0.6) is 0 Å². The lowest BCUT2D eigenvalue weighted by Crippen LogP contribution is -2.61. The first kappa shape index (κ1) is 80.4. The number of amides is 9. The molecule has 0 saturated carbocycles. The van der Waals surface area contributed by atoms with Gasteiger partial charge in [0.2, 0.25) is 53.2 Å². The SMILES string of the molecule is NCCCC[C@H](NC(=O)[C@H](Cc1c[nH]c2ccccc12)NC(=O)C(NC(=O)[C@H](CCCCN)NC(=O)[C@H](CCCCN)NC(=O)[C@H](Cc1c[nH]c2ccccc12)NC(=O)[C@H](Cc1c[nH]c2ccccc12)NC(=O)[C@H](CCCCN)NC(=O)[C@@H](N)CCCCN)C(c1ccccc1)c1ccccc1)C(N)=O. The van der Waals surface area contributed by atoms with Crippen molar-refractivity contribution in [2.24, 2.45) is 40.1 Å². The summed E-state index contributed by atoms with van der Waals surface area (Å²) in [6.45, 7) is 1.59. The predicted molar refractivity (Wildman–Crippen MR) is 408 cm³/mol. The van der Waals surface area contributed by atoms with Crippen LogP contribution in [0.2, 0.25) is 0 Å². The average Bonchev–Trinajstić information content (AvgIpc) is 1.62. The first-order chi connectivity index (χ1) is 50.9. The Bertz CT molecular complexity index is 4070. The summed E-state index contributed by atoms with van der Waals surface area (Å²) < 4.78 is 0. The summed E-state index contributed by atoms with van der Waals surface area (Å²) in [5.41, 5.74) is 47.2.